The molecule has 0 aliphatic heterocycles. The lowest BCUT2D eigenvalue weighted by atomic mass is 10.1. The van der Waals surface area contributed by atoms with Gasteiger partial charge < -0.3 is 14.5 Å². The average molecular weight is 453 g/mol. The molecule has 5 rings (SSSR count). The zero-order valence-electron chi connectivity index (χ0n) is 18.9. The van der Waals surface area contributed by atoms with Crippen molar-refractivity contribution in [2.75, 3.05) is 0 Å². The lowest BCUT2D eigenvalue weighted by molar-refractivity contribution is 0.0939. The van der Waals surface area contributed by atoms with Crippen molar-refractivity contribution >= 4 is 11.6 Å². The Balaban J connectivity index is 1.22. The van der Waals surface area contributed by atoms with Gasteiger partial charge >= 0.3 is 0 Å². The van der Waals surface area contributed by atoms with E-state index in [-0.39, 0.29) is 11.9 Å². The maximum Gasteiger partial charge on any atom is 0.251 e. The van der Waals surface area contributed by atoms with E-state index < -0.39 is 0 Å². The molecule has 1 N–H and O–H groups in total. The second-order valence-electron chi connectivity index (χ2n) is 8.15. The van der Waals surface area contributed by atoms with Gasteiger partial charge in [0.05, 0.1) is 17.4 Å². The van der Waals surface area contributed by atoms with E-state index in [2.05, 4.69) is 20.4 Å². The first kappa shape index (κ1) is 21.4. The van der Waals surface area contributed by atoms with Crippen molar-refractivity contribution in [3.63, 3.8) is 0 Å². The molecular weight excluding hydrogens is 428 g/mol. The topological polar surface area (TPSA) is 86.3 Å². The SMILES string of the molecule is Cc1ccc2nc(COc3cccc(C(=O)NC(C)c4ccc(-n5cncn5)cc4)c3)cn2c1. The van der Waals surface area contributed by atoms with Crippen molar-refractivity contribution in [2.24, 2.45) is 0 Å². The Bertz CT molecular complexity index is 1420. The summed E-state index contributed by atoms with van der Waals surface area (Å²) in [5, 5.41) is 7.17. The number of ether oxygens (including phenoxy) is 1. The molecule has 0 radical (unpaired) electrons. The molecule has 0 bridgehead atoms. The van der Waals surface area contributed by atoms with E-state index in [1.54, 1.807) is 23.1 Å². The van der Waals surface area contributed by atoms with E-state index in [1.165, 1.54) is 6.33 Å². The van der Waals surface area contributed by atoms with Crippen LogP contribution in [0.2, 0.25) is 0 Å². The Morgan fingerprint density at radius 3 is 2.74 bits per heavy atom. The fraction of sp³-hybridized carbons (Fsp3) is 0.154. The molecule has 2 aromatic carbocycles. The third kappa shape index (κ3) is 4.66. The van der Waals surface area contributed by atoms with E-state index in [0.29, 0.717) is 17.9 Å². The van der Waals surface area contributed by atoms with Crippen molar-refractivity contribution in [1.82, 2.24) is 29.5 Å². The second-order valence-corrected chi connectivity index (χ2v) is 8.15. The van der Waals surface area contributed by atoms with Gasteiger partial charge in [-0.15, -0.1) is 0 Å². The predicted octanol–water partition coefficient (Wildman–Crippen LogP) is 4.29. The predicted molar refractivity (Wildman–Crippen MR) is 128 cm³/mol. The van der Waals surface area contributed by atoms with E-state index in [4.69, 9.17) is 4.74 Å². The summed E-state index contributed by atoms with van der Waals surface area (Å²) >= 11 is 0. The van der Waals surface area contributed by atoms with E-state index in [1.807, 2.05) is 79.2 Å². The highest BCUT2D eigenvalue weighted by Crippen LogP contribution is 2.19. The molecule has 34 heavy (non-hydrogen) atoms. The summed E-state index contributed by atoms with van der Waals surface area (Å²) < 4.78 is 9.58. The van der Waals surface area contributed by atoms with Crippen molar-refractivity contribution in [1.29, 1.82) is 0 Å². The minimum atomic E-state index is -0.165. The number of rotatable bonds is 7. The van der Waals surface area contributed by atoms with Gasteiger partial charge in [0, 0.05) is 18.0 Å². The average Bonchev–Trinajstić information content (AvgIpc) is 3.53. The first-order valence-electron chi connectivity index (χ1n) is 11.0. The molecule has 0 saturated carbocycles. The molecule has 5 aromatic rings. The van der Waals surface area contributed by atoms with Gasteiger partial charge in [0.15, 0.2) is 0 Å². The summed E-state index contributed by atoms with van der Waals surface area (Å²) in [5.74, 6) is 0.451. The van der Waals surface area contributed by atoms with Crippen LogP contribution in [0.5, 0.6) is 5.75 Å². The Morgan fingerprint density at radius 1 is 1.09 bits per heavy atom. The van der Waals surface area contributed by atoms with Crippen molar-refractivity contribution in [3.05, 3.63) is 108 Å². The van der Waals surface area contributed by atoms with Gasteiger partial charge in [-0.1, -0.05) is 24.3 Å². The van der Waals surface area contributed by atoms with Crippen LogP contribution in [0.15, 0.2) is 85.7 Å². The summed E-state index contributed by atoms with van der Waals surface area (Å²) in [5.41, 5.74) is 5.30. The molecule has 8 heteroatoms. The van der Waals surface area contributed by atoms with Crippen LogP contribution in [0, 0.1) is 6.92 Å². The van der Waals surface area contributed by atoms with Crippen LogP contribution < -0.4 is 10.1 Å². The van der Waals surface area contributed by atoms with Gasteiger partial charge in [-0.25, -0.2) is 14.6 Å². The van der Waals surface area contributed by atoms with Crippen LogP contribution in [-0.2, 0) is 6.61 Å². The first-order chi connectivity index (χ1) is 16.5. The minimum absolute atomic E-state index is 0.164. The third-order valence-corrected chi connectivity index (χ3v) is 5.56. The maximum absolute atomic E-state index is 12.9. The highest BCUT2D eigenvalue weighted by Gasteiger charge is 2.13. The summed E-state index contributed by atoms with van der Waals surface area (Å²) in [4.78, 5) is 21.4. The Labute approximate surface area is 196 Å². The summed E-state index contributed by atoms with van der Waals surface area (Å²) in [6.07, 6.45) is 7.12. The van der Waals surface area contributed by atoms with E-state index >= 15 is 0 Å². The number of nitrogens with zero attached hydrogens (tertiary/aromatic N) is 5. The molecular formula is C26H24N6O2. The quantitative estimate of drug-likeness (QED) is 0.398. The summed E-state index contributed by atoms with van der Waals surface area (Å²) in [6, 6.07) is 18.8. The molecule has 3 aromatic heterocycles. The summed E-state index contributed by atoms with van der Waals surface area (Å²) in [6.45, 7) is 4.31. The zero-order valence-corrected chi connectivity index (χ0v) is 18.9. The lowest BCUT2D eigenvalue weighted by Gasteiger charge is -2.15. The number of amides is 1. The fourth-order valence-electron chi connectivity index (χ4n) is 3.73. The largest absolute Gasteiger partial charge is 0.487 e. The molecule has 8 nitrogen and oxygen atoms in total. The molecule has 1 atom stereocenters. The second kappa shape index (κ2) is 9.19. The normalized spacial score (nSPS) is 11.9. The lowest BCUT2D eigenvalue weighted by Crippen LogP contribution is -2.26. The van der Waals surface area contributed by atoms with E-state index in [9.17, 15) is 4.79 Å². The van der Waals surface area contributed by atoms with Crippen LogP contribution in [0.25, 0.3) is 11.3 Å². The van der Waals surface area contributed by atoms with Crippen molar-refractivity contribution < 1.29 is 9.53 Å². The van der Waals surface area contributed by atoms with Crippen LogP contribution in [-0.4, -0.2) is 30.1 Å². The van der Waals surface area contributed by atoms with Crippen molar-refractivity contribution in [3.8, 4) is 11.4 Å². The number of hydrogen-bond donors (Lipinski definition) is 1. The number of nitrogens with one attached hydrogen (secondary N) is 1. The highest BCUT2D eigenvalue weighted by molar-refractivity contribution is 5.94. The molecule has 0 fully saturated rings. The number of fused-ring (bicyclic) bond motifs is 1. The molecule has 1 amide bonds. The fourth-order valence-corrected chi connectivity index (χ4v) is 3.73. The monoisotopic (exact) mass is 452 g/mol. The number of carbonyl (C=O) groups is 1. The van der Waals surface area contributed by atoms with E-state index in [0.717, 1.165) is 28.2 Å². The molecule has 1 unspecified atom stereocenters. The number of imidazole rings is 1. The van der Waals surface area contributed by atoms with Crippen LogP contribution in [0.1, 0.15) is 40.1 Å². The van der Waals surface area contributed by atoms with Gasteiger partial charge in [-0.05, 0) is 61.4 Å². The van der Waals surface area contributed by atoms with Crippen LogP contribution >= 0.6 is 0 Å². The van der Waals surface area contributed by atoms with Gasteiger partial charge in [0.25, 0.3) is 5.91 Å². The Hall–Kier alpha value is -4.46. The maximum atomic E-state index is 12.9. The highest BCUT2D eigenvalue weighted by atomic mass is 16.5. The Morgan fingerprint density at radius 2 is 1.94 bits per heavy atom. The molecule has 3 heterocycles. The third-order valence-electron chi connectivity index (χ3n) is 5.56. The van der Waals surface area contributed by atoms with Crippen molar-refractivity contribution in [2.45, 2.75) is 26.5 Å². The van der Waals surface area contributed by atoms with Gasteiger partial charge in [0.2, 0.25) is 0 Å². The molecule has 0 spiro atoms. The number of aryl methyl sites for hydroxylation is 1. The number of benzene rings is 2. The zero-order chi connectivity index (χ0) is 23.5. The standard InChI is InChI=1S/C26H24N6O2/c1-18-6-11-25-30-22(14-31(25)13-18)15-34-24-5-3-4-21(12-24)26(33)29-19(2)20-7-9-23(10-8-20)32-17-27-16-28-32/h3-14,16-17,19H,15H2,1-2H3,(H,29,33). The molecule has 170 valence electrons. The van der Waals surface area contributed by atoms with Crippen LogP contribution in [0.4, 0.5) is 0 Å². The van der Waals surface area contributed by atoms with Gasteiger partial charge in [-0.2, -0.15) is 5.10 Å². The molecule has 0 saturated heterocycles. The number of carbonyl (C=O) groups excluding carboxylic acids is 1. The Kier molecular flexibility index (Phi) is 5.78. The molecule has 0 aliphatic rings. The van der Waals surface area contributed by atoms with Gasteiger partial charge in [-0.3, -0.25) is 4.79 Å². The number of hydrogen-bond acceptors (Lipinski definition) is 5. The summed E-state index contributed by atoms with van der Waals surface area (Å²) in [7, 11) is 0. The number of pyridine rings is 1. The van der Waals surface area contributed by atoms with Gasteiger partial charge in [0.1, 0.15) is 30.7 Å². The number of aromatic nitrogens is 5. The first-order valence-corrected chi connectivity index (χ1v) is 11.0. The molecule has 0 aliphatic carbocycles. The smallest absolute Gasteiger partial charge is 0.251 e. The van der Waals surface area contributed by atoms with Crippen LogP contribution in [0.3, 0.4) is 0 Å². The minimum Gasteiger partial charge on any atom is -0.487 e.